The zero-order chi connectivity index (χ0) is 25.8. The van der Waals surface area contributed by atoms with Crippen LogP contribution in [0.1, 0.15) is 32.4 Å². The molecule has 0 saturated carbocycles. The predicted molar refractivity (Wildman–Crippen MR) is 139 cm³/mol. The highest BCUT2D eigenvalue weighted by Crippen LogP contribution is 2.24. The van der Waals surface area contributed by atoms with Gasteiger partial charge in [0.2, 0.25) is 10.0 Å². The number of hydrogen-bond acceptors (Lipinski definition) is 9. The fraction of sp³-hybridized carbons (Fsp3) is 0.391. The third-order valence-electron chi connectivity index (χ3n) is 6.01. The van der Waals surface area contributed by atoms with Gasteiger partial charge in [0.1, 0.15) is 0 Å². The number of aromatic nitrogens is 4. The van der Waals surface area contributed by atoms with Crippen molar-refractivity contribution < 1.29 is 13.2 Å². The minimum Gasteiger partial charge on any atom is -0.377 e. The molecule has 1 fully saturated rings. The Morgan fingerprint density at radius 1 is 1.08 bits per heavy atom. The van der Waals surface area contributed by atoms with E-state index in [0.717, 1.165) is 30.0 Å². The number of thiazole rings is 2. The normalized spacial score (nSPS) is 15.3. The Kier molecular flexibility index (Phi) is 6.24. The molecule has 0 aliphatic carbocycles. The Labute approximate surface area is 215 Å². The van der Waals surface area contributed by atoms with Crippen molar-refractivity contribution in [2.75, 3.05) is 13.2 Å². The van der Waals surface area contributed by atoms with Crippen molar-refractivity contribution >= 4 is 43.6 Å². The van der Waals surface area contributed by atoms with Crippen LogP contribution in [0, 0.1) is 20.8 Å². The van der Waals surface area contributed by atoms with Crippen LogP contribution in [-0.2, 0) is 27.8 Å². The van der Waals surface area contributed by atoms with Gasteiger partial charge in [-0.05, 0) is 45.9 Å². The average molecular weight is 548 g/mol. The number of fused-ring (bicyclic) bond motifs is 1. The first kappa shape index (κ1) is 25.0. The van der Waals surface area contributed by atoms with Gasteiger partial charge in [-0.1, -0.05) is 0 Å². The smallest absolute Gasteiger partial charge is 0.332 e. The SMILES string of the molecule is Cc1ncc(Cn2c(=O)c3cc(S(=O)(=O)NC4(C)COC4)ccc3n(Cc3sc(C)nc3C)c2=O)s1. The van der Waals surface area contributed by atoms with Crippen LogP contribution in [0.25, 0.3) is 10.9 Å². The van der Waals surface area contributed by atoms with E-state index in [2.05, 4.69) is 14.7 Å². The molecule has 0 bridgehead atoms. The molecule has 5 rings (SSSR count). The summed E-state index contributed by atoms with van der Waals surface area (Å²) in [6, 6.07) is 4.29. The first-order valence-electron chi connectivity index (χ1n) is 11.2. The molecule has 1 saturated heterocycles. The number of ether oxygens (including phenoxy) is 1. The highest BCUT2D eigenvalue weighted by atomic mass is 32.2. The van der Waals surface area contributed by atoms with Crippen LogP contribution < -0.4 is 16.0 Å². The highest BCUT2D eigenvalue weighted by molar-refractivity contribution is 7.89. The molecule has 4 aromatic rings. The molecule has 1 aromatic carbocycles. The molecule has 1 aliphatic heterocycles. The second-order valence-corrected chi connectivity index (χ2v) is 13.5. The topological polar surface area (TPSA) is 125 Å². The van der Waals surface area contributed by atoms with Crippen molar-refractivity contribution in [2.24, 2.45) is 0 Å². The summed E-state index contributed by atoms with van der Waals surface area (Å²) in [7, 11) is -3.92. The van der Waals surface area contributed by atoms with Gasteiger partial charge in [0.05, 0.1) is 63.3 Å². The van der Waals surface area contributed by atoms with Crippen LogP contribution in [0.4, 0.5) is 0 Å². The molecule has 0 unspecified atom stereocenters. The molecule has 0 atom stereocenters. The van der Waals surface area contributed by atoms with Crippen molar-refractivity contribution in [3.63, 3.8) is 0 Å². The van der Waals surface area contributed by atoms with E-state index in [4.69, 9.17) is 4.74 Å². The van der Waals surface area contributed by atoms with Gasteiger partial charge in [0.25, 0.3) is 5.56 Å². The van der Waals surface area contributed by atoms with Crippen molar-refractivity contribution in [2.45, 2.75) is 51.2 Å². The number of hydrogen-bond donors (Lipinski definition) is 1. The lowest BCUT2D eigenvalue weighted by molar-refractivity contribution is -0.0523. The molecule has 0 radical (unpaired) electrons. The summed E-state index contributed by atoms with van der Waals surface area (Å²) in [4.78, 5) is 37.4. The molecule has 3 aromatic heterocycles. The maximum atomic E-state index is 13.6. The summed E-state index contributed by atoms with van der Waals surface area (Å²) in [5.41, 5.74) is -0.545. The maximum absolute atomic E-state index is 13.6. The van der Waals surface area contributed by atoms with Gasteiger partial charge in [-0.15, -0.1) is 22.7 Å². The van der Waals surface area contributed by atoms with Crippen molar-refractivity contribution in [1.29, 1.82) is 0 Å². The zero-order valence-corrected chi connectivity index (χ0v) is 22.6. The molecule has 36 heavy (non-hydrogen) atoms. The third kappa shape index (κ3) is 4.57. The fourth-order valence-electron chi connectivity index (χ4n) is 4.21. The Morgan fingerprint density at radius 3 is 2.42 bits per heavy atom. The fourth-order valence-corrected chi connectivity index (χ4v) is 7.33. The van der Waals surface area contributed by atoms with Gasteiger partial charge < -0.3 is 4.74 Å². The van der Waals surface area contributed by atoms with Gasteiger partial charge >= 0.3 is 5.69 Å². The molecule has 4 heterocycles. The minimum absolute atomic E-state index is 0.0459. The maximum Gasteiger partial charge on any atom is 0.332 e. The van der Waals surface area contributed by atoms with E-state index < -0.39 is 26.8 Å². The van der Waals surface area contributed by atoms with Crippen LogP contribution in [-0.4, -0.2) is 46.3 Å². The van der Waals surface area contributed by atoms with Crippen molar-refractivity contribution in [3.8, 4) is 0 Å². The first-order valence-corrected chi connectivity index (χ1v) is 14.3. The molecule has 1 aliphatic rings. The summed E-state index contributed by atoms with van der Waals surface area (Å²) in [5.74, 6) is 0. The molecule has 1 N–H and O–H groups in total. The van der Waals surface area contributed by atoms with Gasteiger partial charge in [-0.2, -0.15) is 0 Å². The summed E-state index contributed by atoms with van der Waals surface area (Å²) in [5, 5.41) is 1.84. The van der Waals surface area contributed by atoms with Gasteiger partial charge in [-0.25, -0.2) is 27.9 Å². The molecule has 0 spiro atoms. The average Bonchev–Trinajstić information content (AvgIpc) is 3.35. The Hall–Kier alpha value is -2.71. The quantitative estimate of drug-likeness (QED) is 0.376. The Balaban J connectivity index is 1.69. The summed E-state index contributed by atoms with van der Waals surface area (Å²) >= 11 is 2.88. The van der Waals surface area contributed by atoms with Crippen molar-refractivity contribution in [1.82, 2.24) is 23.8 Å². The first-order chi connectivity index (χ1) is 17.0. The second-order valence-electron chi connectivity index (χ2n) is 9.18. The van der Waals surface area contributed by atoms with E-state index in [1.807, 2.05) is 20.8 Å². The van der Waals surface area contributed by atoms with Crippen LogP contribution in [0.5, 0.6) is 0 Å². The Bertz CT molecular complexity index is 1710. The summed E-state index contributed by atoms with van der Waals surface area (Å²) in [6.07, 6.45) is 1.64. The van der Waals surface area contributed by atoms with Gasteiger partial charge in [0.15, 0.2) is 0 Å². The van der Waals surface area contributed by atoms with E-state index in [9.17, 15) is 18.0 Å². The number of benzene rings is 1. The van der Waals surface area contributed by atoms with E-state index in [1.54, 1.807) is 13.1 Å². The third-order valence-corrected chi connectivity index (χ3v) is 9.60. The van der Waals surface area contributed by atoms with Gasteiger partial charge in [0, 0.05) is 16.0 Å². The largest absolute Gasteiger partial charge is 0.377 e. The molecule has 190 valence electrons. The summed E-state index contributed by atoms with van der Waals surface area (Å²) < 4.78 is 36.7. The van der Waals surface area contributed by atoms with E-state index in [-0.39, 0.29) is 36.6 Å². The molecular formula is C23H25N5O5S3. The van der Waals surface area contributed by atoms with Gasteiger partial charge in [-0.3, -0.25) is 13.9 Å². The zero-order valence-electron chi connectivity index (χ0n) is 20.2. The monoisotopic (exact) mass is 547 g/mol. The number of nitrogens with one attached hydrogen (secondary N) is 1. The lowest BCUT2D eigenvalue weighted by Crippen LogP contribution is -2.59. The number of sulfonamides is 1. The van der Waals surface area contributed by atoms with E-state index >= 15 is 0 Å². The van der Waals surface area contributed by atoms with Crippen LogP contribution in [0.3, 0.4) is 0 Å². The number of rotatable bonds is 7. The van der Waals surface area contributed by atoms with Crippen LogP contribution in [0.2, 0.25) is 0 Å². The number of nitrogens with zero attached hydrogens (tertiary/aromatic N) is 4. The van der Waals surface area contributed by atoms with E-state index in [1.165, 1.54) is 45.4 Å². The van der Waals surface area contributed by atoms with E-state index in [0.29, 0.717) is 5.52 Å². The van der Waals surface area contributed by atoms with Crippen LogP contribution in [0.15, 0.2) is 38.9 Å². The molecule has 10 nitrogen and oxygen atoms in total. The number of aryl methyl sites for hydroxylation is 3. The second kappa shape index (κ2) is 8.99. The summed E-state index contributed by atoms with van der Waals surface area (Å²) in [6.45, 7) is 8.19. The molecule has 13 heteroatoms. The molecule has 0 amide bonds. The Morgan fingerprint density at radius 2 is 1.83 bits per heavy atom. The van der Waals surface area contributed by atoms with Crippen molar-refractivity contribution in [3.05, 3.63) is 70.7 Å². The lowest BCUT2D eigenvalue weighted by Gasteiger charge is -2.38. The predicted octanol–water partition coefficient (Wildman–Crippen LogP) is 2.17. The minimum atomic E-state index is -3.92. The lowest BCUT2D eigenvalue weighted by atomic mass is 10.0. The molecular weight excluding hydrogens is 522 g/mol. The highest BCUT2D eigenvalue weighted by Gasteiger charge is 2.38. The standard InChI is InChI=1S/C23H25N5O5S3/c1-13-20(35-15(3)25-13)10-27-19-6-5-17(36(31,32)26-23(4)11-33-12-23)7-18(19)21(29)28(22(27)30)9-16-8-24-14(2)34-16/h5-8,26H,9-12H2,1-4H3. The van der Waals surface area contributed by atoms with Crippen LogP contribution >= 0.6 is 22.7 Å².